The molecular weight excluding hydrogens is 438 g/mol. The topological polar surface area (TPSA) is 110 Å². The van der Waals surface area contributed by atoms with Gasteiger partial charge < -0.3 is 24.9 Å². The number of nitriles is 1. The maximum Gasteiger partial charge on any atom is 0.248 e. The van der Waals surface area contributed by atoms with Crippen molar-refractivity contribution in [1.82, 2.24) is 4.98 Å². The minimum absolute atomic E-state index is 0.00638. The summed E-state index contributed by atoms with van der Waals surface area (Å²) in [6.07, 6.45) is 0. The molecule has 146 valence electrons. The van der Waals surface area contributed by atoms with E-state index in [1.165, 1.54) is 6.07 Å². The van der Waals surface area contributed by atoms with Crippen molar-refractivity contribution in [3.63, 3.8) is 0 Å². The predicted octanol–water partition coefficient (Wildman–Crippen LogP) is 3.53. The molecule has 4 rings (SSSR count). The molecule has 0 aliphatic carbocycles. The van der Waals surface area contributed by atoms with Crippen LogP contribution in [0.2, 0.25) is 0 Å². The van der Waals surface area contributed by atoms with E-state index in [1.54, 1.807) is 26.4 Å². The Morgan fingerprint density at radius 2 is 1.97 bits per heavy atom. The zero-order valence-electron chi connectivity index (χ0n) is 15.6. The van der Waals surface area contributed by atoms with Gasteiger partial charge in [-0.25, -0.2) is 0 Å². The summed E-state index contributed by atoms with van der Waals surface area (Å²) in [6.45, 7) is 0. The van der Waals surface area contributed by atoms with Crippen LogP contribution < -0.4 is 25.5 Å². The molecule has 0 spiro atoms. The number of hydrogen-bond acceptors (Lipinski definition) is 6. The molecule has 29 heavy (non-hydrogen) atoms. The summed E-state index contributed by atoms with van der Waals surface area (Å²) in [6, 6.07) is 12.7. The maximum absolute atomic E-state index is 11.9. The monoisotopic (exact) mass is 453 g/mol. The van der Waals surface area contributed by atoms with Gasteiger partial charge in [-0.3, -0.25) is 4.79 Å². The van der Waals surface area contributed by atoms with E-state index in [1.807, 2.05) is 18.2 Å². The van der Waals surface area contributed by atoms with Crippen LogP contribution >= 0.6 is 15.9 Å². The number of hydrogen-bond donors (Lipinski definition) is 2. The first-order chi connectivity index (χ1) is 14.0. The van der Waals surface area contributed by atoms with Crippen LogP contribution in [0.1, 0.15) is 17.0 Å². The van der Waals surface area contributed by atoms with Crippen molar-refractivity contribution in [2.24, 2.45) is 5.73 Å². The first kappa shape index (κ1) is 18.9. The number of allylic oxidation sites excluding steroid dienone is 1. The molecule has 0 saturated heterocycles. The number of nitrogens with two attached hydrogens (primary N) is 1. The fourth-order valence-electron chi connectivity index (χ4n) is 3.58. The van der Waals surface area contributed by atoms with Crippen molar-refractivity contribution in [2.45, 2.75) is 5.92 Å². The molecule has 0 saturated carbocycles. The first-order valence-electron chi connectivity index (χ1n) is 8.63. The van der Waals surface area contributed by atoms with E-state index in [0.717, 1.165) is 10.9 Å². The largest absolute Gasteiger partial charge is 0.493 e. The quantitative estimate of drug-likeness (QED) is 0.627. The minimum Gasteiger partial charge on any atom is -0.493 e. The van der Waals surface area contributed by atoms with Crippen LogP contribution in [0.4, 0.5) is 0 Å². The van der Waals surface area contributed by atoms with E-state index in [4.69, 9.17) is 19.9 Å². The van der Waals surface area contributed by atoms with Crippen molar-refractivity contribution in [3.8, 4) is 23.3 Å². The fourth-order valence-corrected chi connectivity index (χ4v) is 4.20. The zero-order valence-corrected chi connectivity index (χ0v) is 17.2. The Morgan fingerprint density at radius 3 is 2.66 bits per heavy atom. The third kappa shape index (κ3) is 3.00. The number of pyridine rings is 1. The van der Waals surface area contributed by atoms with Gasteiger partial charge in [-0.05, 0) is 39.7 Å². The molecule has 0 fully saturated rings. The number of aromatic nitrogens is 1. The first-order valence-corrected chi connectivity index (χ1v) is 9.42. The van der Waals surface area contributed by atoms with Gasteiger partial charge in [0.05, 0.1) is 30.1 Å². The Labute approximate surface area is 174 Å². The van der Waals surface area contributed by atoms with Crippen molar-refractivity contribution in [2.75, 3.05) is 14.2 Å². The van der Waals surface area contributed by atoms with Gasteiger partial charge >= 0.3 is 0 Å². The fraction of sp³-hybridized carbons (Fsp3) is 0.143. The average Bonchev–Trinajstić information content (AvgIpc) is 2.72. The van der Waals surface area contributed by atoms with Crippen molar-refractivity contribution < 1.29 is 14.2 Å². The molecule has 1 aliphatic rings. The smallest absolute Gasteiger partial charge is 0.248 e. The second-order valence-electron chi connectivity index (χ2n) is 6.43. The number of ether oxygens (including phenoxy) is 3. The Bertz CT molecular complexity index is 1270. The van der Waals surface area contributed by atoms with Gasteiger partial charge in [0.1, 0.15) is 11.6 Å². The summed E-state index contributed by atoms with van der Waals surface area (Å²) >= 11 is 3.50. The lowest BCUT2D eigenvalue weighted by Crippen LogP contribution is -2.22. The second-order valence-corrected chi connectivity index (χ2v) is 7.29. The van der Waals surface area contributed by atoms with Gasteiger partial charge in [-0.15, -0.1) is 0 Å². The van der Waals surface area contributed by atoms with E-state index < -0.39 is 5.92 Å². The molecule has 0 amide bonds. The number of fused-ring (bicyclic) bond motifs is 3. The standard InChI is InChI=1S/C21H16BrN3O4/c1-27-15-8-11(7-14(22)20(15)28-2)17-12-5-3-10-4-6-16(26)25-18(10)19(12)29-21(24)13(17)9-23/h3-8,17H,24H2,1-2H3,(H,25,26). The third-order valence-corrected chi connectivity index (χ3v) is 5.46. The lowest BCUT2D eigenvalue weighted by Gasteiger charge is -2.28. The van der Waals surface area contributed by atoms with Crippen LogP contribution in [0.25, 0.3) is 10.9 Å². The number of H-pyrrole nitrogens is 1. The highest BCUT2D eigenvalue weighted by molar-refractivity contribution is 9.10. The summed E-state index contributed by atoms with van der Waals surface area (Å²) < 4.78 is 17.3. The van der Waals surface area contributed by atoms with Crippen LogP contribution in [-0.2, 0) is 0 Å². The van der Waals surface area contributed by atoms with Crippen molar-refractivity contribution in [1.29, 1.82) is 5.26 Å². The van der Waals surface area contributed by atoms with Gasteiger partial charge in [0.2, 0.25) is 11.4 Å². The van der Waals surface area contributed by atoms with Gasteiger partial charge in [-0.1, -0.05) is 12.1 Å². The number of aromatic amines is 1. The second kappa shape index (κ2) is 7.18. The van der Waals surface area contributed by atoms with Crippen LogP contribution in [-0.4, -0.2) is 19.2 Å². The highest BCUT2D eigenvalue weighted by Crippen LogP contribution is 2.47. The molecule has 8 heteroatoms. The van der Waals surface area contributed by atoms with E-state index in [2.05, 4.69) is 27.0 Å². The number of nitrogens with zero attached hydrogens (tertiary/aromatic N) is 1. The van der Waals surface area contributed by atoms with Crippen LogP contribution in [0.3, 0.4) is 0 Å². The molecular formula is C21H16BrN3O4. The van der Waals surface area contributed by atoms with Crippen LogP contribution in [0, 0.1) is 11.3 Å². The highest BCUT2D eigenvalue weighted by Gasteiger charge is 2.33. The summed E-state index contributed by atoms with van der Waals surface area (Å²) in [4.78, 5) is 14.7. The molecule has 2 heterocycles. The number of nitrogens with one attached hydrogen (secondary N) is 1. The van der Waals surface area contributed by atoms with Gasteiger partial charge in [0, 0.05) is 17.0 Å². The van der Waals surface area contributed by atoms with Gasteiger partial charge in [0.15, 0.2) is 17.2 Å². The van der Waals surface area contributed by atoms with Gasteiger partial charge in [-0.2, -0.15) is 5.26 Å². The predicted molar refractivity (Wildman–Crippen MR) is 111 cm³/mol. The number of methoxy groups -OCH3 is 2. The van der Waals surface area contributed by atoms with E-state index in [-0.39, 0.29) is 17.0 Å². The lowest BCUT2D eigenvalue weighted by molar-refractivity contribution is 0.352. The summed E-state index contributed by atoms with van der Waals surface area (Å²) in [5.74, 6) is 0.963. The molecule has 1 unspecified atom stereocenters. The number of rotatable bonds is 3. The summed E-state index contributed by atoms with van der Waals surface area (Å²) in [7, 11) is 3.09. The molecule has 1 aromatic heterocycles. The number of benzene rings is 2. The molecule has 3 N–H and O–H groups in total. The van der Waals surface area contributed by atoms with Crippen molar-refractivity contribution in [3.05, 3.63) is 73.8 Å². The Hall–Kier alpha value is -3.44. The SMILES string of the molecule is COc1cc(C2C(C#N)=C(N)Oc3c2ccc2ccc(=O)[nH]c32)cc(Br)c1OC. The maximum atomic E-state index is 11.9. The Kier molecular flexibility index (Phi) is 4.68. The van der Waals surface area contributed by atoms with Crippen molar-refractivity contribution >= 4 is 26.8 Å². The highest BCUT2D eigenvalue weighted by atomic mass is 79.9. The zero-order chi connectivity index (χ0) is 20.7. The molecule has 7 nitrogen and oxygen atoms in total. The van der Waals surface area contributed by atoms with Crippen LogP contribution in [0.5, 0.6) is 17.2 Å². The number of halogens is 1. The summed E-state index contributed by atoms with van der Waals surface area (Å²) in [5, 5.41) is 10.6. The molecule has 0 bridgehead atoms. The molecule has 0 radical (unpaired) electrons. The van der Waals surface area contributed by atoms with E-state index >= 15 is 0 Å². The molecule has 3 aromatic rings. The summed E-state index contributed by atoms with van der Waals surface area (Å²) in [5.41, 5.74) is 8.12. The third-order valence-electron chi connectivity index (χ3n) is 4.87. The van der Waals surface area contributed by atoms with E-state index in [0.29, 0.717) is 32.8 Å². The Morgan fingerprint density at radius 1 is 1.21 bits per heavy atom. The van der Waals surface area contributed by atoms with E-state index in [9.17, 15) is 10.1 Å². The minimum atomic E-state index is -0.507. The molecule has 1 atom stereocenters. The lowest BCUT2D eigenvalue weighted by atomic mass is 9.83. The van der Waals surface area contributed by atoms with Crippen LogP contribution in [0.15, 0.2) is 57.1 Å². The van der Waals surface area contributed by atoms with Gasteiger partial charge in [0.25, 0.3) is 0 Å². The molecule has 1 aliphatic heterocycles. The Balaban J connectivity index is 2.02. The normalized spacial score (nSPS) is 15.4. The average molecular weight is 454 g/mol. The molecule has 2 aromatic carbocycles.